The van der Waals surface area contributed by atoms with E-state index in [2.05, 4.69) is 30.3 Å². The predicted molar refractivity (Wildman–Crippen MR) is 86.2 cm³/mol. The van der Waals surface area contributed by atoms with Crippen LogP contribution in [0.2, 0.25) is 0 Å². The van der Waals surface area contributed by atoms with Crippen molar-refractivity contribution in [3.05, 3.63) is 97.5 Å². The molecule has 0 saturated heterocycles. The number of hydrogen-bond donors (Lipinski definition) is 0. The van der Waals surface area contributed by atoms with E-state index in [0.717, 1.165) is 23.5 Å². The van der Waals surface area contributed by atoms with Crippen LogP contribution >= 0.6 is 0 Å². The Bertz CT molecular complexity index is 589. The molecular weight excluding hydrogens is 244 g/mol. The van der Waals surface area contributed by atoms with Crippen molar-refractivity contribution in [2.24, 2.45) is 4.99 Å². The standard InChI is InChI=1S/C18H18N2/c1-3-19-18(16-12-8-7-9-13-16)20(4-2)17-14-10-5-6-11-15-17/h3-10,12-15H,1-2,11H2. The van der Waals surface area contributed by atoms with E-state index in [-0.39, 0.29) is 0 Å². The molecule has 100 valence electrons. The van der Waals surface area contributed by atoms with E-state index in [1.807, 2.05) is 53.5 Å². The lowest BCUT2D eigenvalue weighted by Crippen LogP contribution is -2.25. The second kappa shape index (κ2) is 7.10. The molecule has 0 heterocycles. The molecule has 1 aromatic rings. The van der Waals surface area contributed by atoms with Crippen LogP contribution in [0.1, 0.15) is 12.0 Å². The summed E-state index contributed by atoms with van der Waals surface area (Å²) < 4.78 is 0. The summed E-state index contributed by atoms with van der Waals surface area (Å²) >= 11 is 0. The van der Waals surface area contributed by atoms with Crippen molar-refractivity contribution >= 4 is 5.84 Å². The molecule has 1 aliphatic carbocycles. The van der Waals surface area contributed by atoms with Gasteiger partial charge >= 0.3 is 0 Å². The average Bonchev–Trinajstić information content (AvgIpc) is 2.77. The molecule has 20 heavy (non-hydrogen) atoms. The van der Waals surface area contributed by atoms with Crippen LogP contribution in [-0.2, 0) is 0 Å². The third-order valence-corrected chi connectivity index (χ3v) is 2.91. The number of hydrogen-bond acceptors (Lipinski definition) is 1. The molecule has 0 atom stereocenters. The van der Waals surface area contributed by atoms with Gasteiger partial charge in [0.05, 0.1) is 0 Å². The van der Waals surface area contributed by atoms with Crippen molar-refractivity contribution in [3.8, 4) is 0 Å². The molecular formula is C18H18N2. The SMILES string of the molecule is C=CN=C(c1ccccc1)N(C=C)C1=CCC=CC=C1. The molecule has 0 bridgehead atoms. The van der Waals surface area contributed by atoms with Gasteiger partial charge in [-0.1, -0.05) is 67.8 Å². The molecule has 0 spiro atoms. The van der Waals surface area contributed by atoms with Gasteiger partial charge < -0.3 is 4.90 Å². The van der Waals surface area contributed by atoms with Crippen molar-refractivity contribution < 1.29 is 0 Å². The first kappa shape index (κ1) is 13.8. The highest BCUT2D eigenvalue weighted by molar-refractivity contribution is 6.01. The van der Waals surface area contributed by atoms with Gasteiger partial charge in [0, 0.05) is 23.7 Å². The summed E-state index contributed by atoms with van der Waals surface area (Å²) in [5, 5.41) is 0. The molecule has 1 aliphatic rings. The Kier molecular flexibility index (Phi) is 4.90. The number of aliphatic imine (C=N–C) groups is 1. The normalized spacial score (nSPS) is 14.4. The second-order valence-corrected chi connectivity index (χ2v) is 4.21. The van der Waals surface area contributed by atoms with E-state index in [4.69, 9.17) is 0 Å². The molecule has 0 N–H and O–H groups in total. The Balaban J connectivity index is 2.41. The molecule has 0 unspecified atom stereocenters. The van der Waals surface area contributed by atoms with E-state index in [1.54, 1.807) is 12.4 Å². The number of rotatable bonds is 4. The fourth-order valence-corrected chi connectivity index (χ4v) is 2.01. The van der Waals surface area contributed by atoms with Crippen LogP contribution in [0.15, 0.2) is 97.0 Å². The molecule has 0 saturated carbocycles. The maximum atomic E-state index is 4.41. The summed E-state index contributed by atoms with van der Waals surface area (Å²) in [5.41, 5.74) is 2.08. The number of nitrogens with zero attached hydrogens (tertiary/aromatic N) is 2. The largest absolute Gasteiger partial charge is 0.302 e. The lowest BCUT2D eigenvalue weighted by atomic mass is 10.1. The van der Waals surface area contributed by atoms with Crippen LogP contribution in [0.25, 0.3) is 0 Å². The number of amidine groups is 1. The maximum absolute atomic E-state index is 4.41. The van der Waals surface area contributed by atoms with Gasteiger partial charge in [0.1, 0.15) is 5.84 Å². The predicted octanol–water partition coefficient (Wildman–Crippen LogP) is 4.42. The Morgan fingerprint density at radius 3 is 2.65 bits per heavy atom. The van der Waals surface area contributed by atoms with Crippen LogP contribution in [0.5, 0.6) is 0 Å². The zero-order valence-corrected chi connectivity index (χ0v) is 11.4. The number of allylic oxidation sites excluding steroid dienone is 5. The molecule has 2 heteroatoms. The van der Waals surface area contributed by atoms with Gasteiger partial charge in [0.15, 0.2) is 0 Å². The van der Waals surface area contributed by atoms with Gasteiger partial charge in [-0.25, -0.2) is 4.99 Å². The first-order valence-corrected chi connectivity index (χ1v) is 6.56. The van der Waals surface area contributed by atoms with Crippen LogP contribution in [0.4, 0.5) is 0 Å². The average molecular weight is 262 g/mol. The fourth-order valence-electron chi connectivity index (χ4n) is 2.01. The maximum Gasteiger partial charge on any atom is 0.144 e. The molecule has 0 aromatic heterocycles. The highest BCUT2D eigenvalue weighted by Crippen LogP contribution is 2.16. The van der Waals surface area contributed by atoms with E-state index in [0.29, 0.717) is 0 Å². The van der Waals surface area contributed by atoms with Gasteiger partial charge in [0.2, 0.25) is 0 Å². The Morgan fingerprint density at radius 2 is 1.95 bits per heavy atom. The Hall–Kier alpha value is -2.61. The van der Waals surface area contributed by atoms with Crippen LogP contribution in [0, 0.1) is 0 Å². The first-order chi connectivity index (χ1) is 9.86. The summed E-state index contributed by atoms with van der Waals surface area (Å²) in [5.74, 6) is 0.813. The van der Waals surface area contributed by atoms with Gasteiger partial charge in [-0.15, -0.1) is 0 Å². The van der Waals surface area contributed by atoms with Crippen molar-refractivity contribution in [2.75, 3.05) is 0 Å². The minimum absolute atomic E-state index is 0.813. The third kappa shape index (κ3) is 3.23. The first-order valence-electron chi connectivity index (χ1n) is 6.56. The van der Waals surface area contributed by atoms with Crippen molar-refractivity contribution in [1.82, 2.24) is 4.90 Å². The third-order valence-electron chi connectivity index (χ3n) is 2.91. The summed E-state index contributed by atoms with van der Waals surface area (Å²) in [4.78, 5) is 6.38. The van der Waals surface area contributed by atoms with Crippen molar-refractivity contribution in [2.45, 2.75) is 6.42 Å². The Morgan fingerprint density at radius 1 is 1.15 bits per heavy atom. The quantitative estimate of drug-likeness (QED) is 0.579. The molecule has 0 aliphatic heterocycles. The topological polar surface area (TPSA) is 15.6 Å². The summed E-state index contributed by atoms with van der Waals surface area (Å²) in [6.45, 7) is 7.62. The zero-order chi connectivity index (χ0) is 14.2. The minimum Gasteiger partial charge on any atom is -0.302 e. The smallest absolute Gasteiger partial charge is 0.144 e. The molecule has 2 rings (SSSR count). The fraction of sp³-hybridized carbons (Fsp3) is 0.0556. The summed E-state index contributed by atoms with van der Waals surface area (Å²) in [6.07, 6.45) is 14.6. The van der Waals surface area contributed by atoms with Crippen molar-refractivity contribution in [1.29, 1.82) is 0 Å². The van der Waals surface area contributed by atoms with Crippen LogP contribution < -0.4 is 0 Å². The van der Waals surface area contributed by atoms with Gasteiger partial charge in [-0.2, -0.15) is 0 Å². The summed E-state index contributed by atoms with van der Waals surface area (Å²) in [6, 6.07) is 10.0. The number of benzene rings is 1. The van der Waals surface area contributed by atoms with Gasteiger partial charge in [-0.3, -0.25) is 0 Å². The second-order valence-electron chi connectivity index (χ2n) is 4.21. The Labute approximate surface area is 120 Å². The molecule has 1 aromatic carbocycles. The van der Waals surface area contributed by atoms with Crippen LogP contribution in [-0.4, -0.2) is 10.7 Å². The summed E-state index contributed by atoms with van der Waals surface area (Å²) in [7, 11) is 0. The molecule has 0 amide bonds. The van der Waals surface area contributed by atoms with Crippen LogP contribution in [0.3, 0.4) is 0 Å². The lowest BCUT2D eigenvalue weighted by Gasteiger charge is -2.23. The molecule has 0 radical (unpaired) electrons. The van der Waals surface area contributed by atoms with Gasteiger partial charge in [0.25, 0.3) is 0 Å². The highest BCUT2D eigenvalue weighted by atomic mass is 15.2. The van der Waals surface area contributed by atoms with E-state index in [1.165, 1.54) is 0 Å². The van der Waals surface area contributed by atoms with Gasteiger partial charge in [-0.05, 0) is 12.5 Å². The molecule has 0 fully saturated rings. The zero-order valence-electron chi connectivity index (χ0n) is 11.4. The van der Waals surface area contributed by atoms with E-state index >= 15 is 0 Å². The minimum atomic E-state index is 0.813. The lowest BCUT2D eigenvalue weighted by molar-refractivity contribution is 0.712. The molecule has 2 nitrogen and oxygen atoms in total. The van der Waals surface area contributed by atoms with E-state index < -0.39 is 0 Å². The van der Waals surface area contributed by atoms with Crippen molar-refractivity contribution in [3.63, 3.8) is 0 Å². The highest BCUT2D eigenvalue weighted by Gasteiger charge is 2.13. The van der Waals surface area contributed by atoms with E-state index in [9.17, 15) is 0 Å². The monoisotopic (exact) mass is 262 g/mol.